The van der Waals surface area contributed by atoms with Gasteiger partial charge in [0.15, 0.2) is 0 Å². The number of ether oxygens (including phenoxy) is 1. The molecule has 4 rings (SSSR count). The van der Waals surface area contributed by atoms with Crippen LogP contribution in [0.5, 0.6) is 0 Å². The van der Waals surface area contributed by atoms with E-state index in [2.05, 4.69) is 5.32 Å². The molecule has 2 amide bonds. The summed E-state index contributed by atoms with van der Waals surface area (Å²) in [7, 11) is 0. The van der Waals surface area contributed by atoms with E-state index >= 15 is 0 Å². The van der Waals surface area contributed by atoms with Gasteiger partial charge in [-0.1, -0.05) is 12.1 Å². The van der Waals surface area contributed by atoms with Crippen LogP contribution in [-0.2, 0) is 27.0 Å². The van der Waals surface area contributed by atoms with Gasteiger partial charge in [-0.05, 0) is 51.3 Å². The van der Waals surface area contributed by atoms with Gasteiger partial charge in [0.25, 0.3) is 0 Å². The van der Waals surface area contributed by atoms with E-state index in [1.165, 1.54) is 12.1 Å². The van der Waals surface area contributed by atoms with Gasteiger partial charge in [-0.25, -0.2) is 0 Å². The molecule has 3 fully saturated rings. The van der Waals surface area contributed by atoms with Gasteiger partial charge < -0.3 is 14.5 Å². The van der Waals surface area contributed by atoms with E-state index in [-0.39, 0.29) is 49.1 Å². The Morgan fingerprint density at radius 2 is 1.84 bits per heavy atom. The van der Waals surface area contributed by atoms with Crippen LogP contribution in [0.4, 0.5) is 13.2 Å². The first kappa shape index (κ1) is 22.1. The molecule has 1 spiro atoms. The number of benzene rings is 1. The van der Waals surface area contributed by atoms with Crippen LogP contribution < -0.4 is 5.32 Å². The van der Waals surface area contributed by atoms with Crippen molar-refractivity contribution in [1.82, 2.24) is 15.1 Å². The zero-order valence-electron chi connectivity index (χ0n) is 17.9. The number of hydrogen-bond donors (Lipinski definition) is 1. The van der Waals surface area contributed by atoms with E-state index in [9.17, 15) is 22.8 Å². The standard InChI is InChI=1S/C22H28F3N3O3/c1-13(2)27-11-18(29)28(10-15-4-6-17(7-5-15)22(23,24)25)21(20(27)30)8-16(9-21)19-26-14(3)12-31-19/h4-7,13-14,16,19,26H,8-12H2,1-3H3. The van der Waals surface area contributed by atoms with Crippen molar-refractivity contribution in [1.29, 1.82) is 0 Å². The molecule has 1 aliphatic carbocycles. The highest BCUT2D eigenvalue weighted by molar-refractivity contribution is 5.99. The Labute approximate surface area is 179 Å². The maximum absolute atomic E-state index is 13.4. The molecule has 1 aromatic rings. The number of rotatable bonds is 4. The predicted octanol–water partition coefficient (Wildman–Crippen LogP) is 2.77. The highest BCUT2D eigenvalue weighted by Gasteiger charge is 2.61. The smallest absolute Gasteiger partial charge is 0.361 e. The molecule has 1 aromatic carbocycles. The van der Waals surface area contributed by atoms with Crippen LogP contribution >= 0.6 is 0 Å². The summed E-state index contributed by atoms with van der Waals surface area (Å²) < 4.78 is 44.4. The number of nitrogens with one attached hydrogen (secondary N) is 1. The number of amides is 2. The van der Waals surface area contributed by atoms with Crippen LogP contribution in [0, 0.1) is 5.92 Å². The zero-order chi connectivity index (χ0) is 22.6. The number of hydrogen-bond acceptors (Lipinski definition) is 4. The largest absolute Gasteiger partial charge is 0.416 e. The molecule has 170 valence electrons. The summed E-state index contributed by atoms with van der Waals surface area (Å²) >= 11 is 0. The molecule has 1 N–H and O–H groups in total. The molecule has 3 aliphatic rings. The molecular formula is C22H28F3N3O3. The first-order chi connectivity index (χ1) is 14.5. The molecule has 2 aliphatic heterocycles. The molecule has 2 saturated heterocycles. The molecule has 0 bridgehead atoms. The van der Waals surface area contributed by atoms with Crippen molar-refractivity contribution in [2.45, 2.75) is 70.2 Å². The van der Waals surface area contributed by atoms with E-state index in [0.717, 1.165) is 12.1 Å². The lowest BCUT2D eigenvalue weighted by atomic mass is 9.64. The Balaban J connectivity index is 1.57. The third-order valence-electron chi connectivity index (χ3n) is 6.63. The van der Waals surface area contributed by atoms with Crippen LogP contribution in [0.1, 0.15) is 44.7 Å². The normalized spacial score (nSPS) is 31.6. The fourth-order valence-electron chi connectivity index (χ4n) is 4.88. The third kappa shape index (κ3) is 3.93. The lowest BCUT2D eigenvalue weighted by molar-refractivity contribution is -0.184. The highest BCUT2D eigenvalue weighted by atomic mass is 19.4. The summed E-state index contributed by atoms with van der Waals surface area (Å²) in [5, 5.41) is 3.37. The van der Waals surface area contributed by atoms with Gasteiger partial charge in [-0.2, -0.15) is 13.2 Å². The second-order valence-electron chi connectivity index (χ2n) is 9.22. The van der Waals surface area contributed by atoms with Crippen LogP contribution in [0.15, 0.2) is 24.3 Å². The van der Waals surface area contributed by atoms with E-state index in [0.29, 0.717) is 25.0 Å². The molecule has 31 heavy (non-hydrogen) atoms. The van der Waals surface area contributed by atoms with Gasteiger partial charge >= 0.3 is 6.18 Å². The van der Waals surface area contributed by atoms with Crippen molar-refractivity contribution >= 4 is 11.8 Å². The third-order valence-corrected chi connectivity index (χ3v) is 6.63. The van der Waals surface area contributed by atoms with E-state index in [1.807, 2.05) is 20.8 Å². The molecule has 6 nitrogen and oxygen atoms in total. The van der Waals surface area contributed by atoms with E-state index in [1.54, 1.807) is 9.80 Å². The SMILES string of the molecule is CC1COC(C2CC3(C2)C(=O)N(C(C)C)CC(=O)N3Cc2ccc(C(F)(F)F)cc2)N1. The number of carbonyl (C=O) groups excluding carboxylic acids is 2. The molecule has 2 atom stereocenters. The van der Waals surface area contributed by atoms with E-state index < -0.39 is 17.3 Å². The Morgan fingerprint density at radius 1 is 1.19 bits per heavy atom. The molecule has 0 aromatic heterocycles. The maximum Gasteiger partial charge on any atom is 0.416 e. The summed E-state index contributed by atoms with van der Waals surface area (Å²) in [6.07, 6.45) is -3.61. The minimum absolute atomic E-state index is 0.0151. The average Bonchev–Trinajstić information content (AvgIpc) is 3.08. The molecule has 1 saturated carbocycles. The summed E-state index contributed by atoms with van der Waals surface area (Å²) in [4.78, 5) is 29.7. The Hall–Kier alpha value is -2.13. The predicted molar refractivity (Wildman–Crippen MR) is 107 cm³/mol. The Kier molecular flexibility index (Phi) is 5.54. The van der Waals surface area contributed by atoms with Crippen molar-refractivity contribution in [2.24, 2.45) is 5.92 Å². The monoisotopic (exact) mass is 439 g/mol. The van der Waals surface area contributed by atoms with Gasteiger partial charge in [0, 0.05) is 24.5 Å². The number of nitrogens with zero attached hydrogens (tertiary/aromatic N) is 2. The number of alkyl halides is 3. The number of halogens is 3. The number of piperazine rings is 1. The lowest BCUT2D eigenvalue weighted by Gasteiger charge is -2.58. The van der Waals surface area contributed by atoms with Crippen molar-refractivity contribution in [3.05, 3.63) is 35.4 Å². The fraction of sp³-hybridized carbons (Fsp3) is 0.636. The topological polar surface area (TPSA) is 61.9 Å². The van der Waals surface area contributed by atoms with Crippen LogP contribution in [0.25, 0.3) is 0 Å². The van der Waals surface area contributed by atoms with Crippen LogP contribution in [-0.4, -0.2) is 58.6 Å². The van der Waals surface area contributed by atoms with Crippen molar-refractivity contribution < 1.29 is 27.5 Å². The molecular weight excluding hydrogens is 411 g/mol. The second-order valence-corrected chi connectivity index (χ2v) is 9.22. The average molecular weight is 439 g/mol. The number of carbonyl (C=O) groups is 2. The Morgan fingerprint density at radius 3 is 2.35 bits per heavy atom. The zero-order valence-corrected chi connectivity index (χ0v) is 17.9. The first-order valence-electron chi connectivity index (χ1n) is 10.7. The molecule has 0 radical (unpaired) electrons. The van der Waals surface area contributed by atoms with Gasteiger partial charge in [0.1, 0.15) is 18.3 Å². The quantitative estimate of drug-likeness (QED) is 0.784. The Bertz CT molecular complexity index is 850. The summed E-state index contributed by atoms with van der Waals surface area (Å²) in [6, 6.07) is 4.91. The summed E-state index contributed by atoms with van der Waals surface area (Å²) in [5.41, 5.74) is -1.14. The molecule has 2 heterocycles. The van der Waals surface area contributed by atoms with E-state index in [4.69, 9.17) is 4.74 Å². The highest BCUT2D eigenvalue weighted by Crippen LogP contribution is 2.49. The lowest BCUT2D eigenvalue weighted by Crippen LogP contribution is -2.74. The minimum Gasteiger partial charge on any atom is -0.361 e. The summed E-state index contributed by atoms with van der Waals surface area (Å²) in [5.74, 6) is -0.166. The summed E-state index contributed by atoms with van der Waals surface area (Å²) in [6.45, 7) is 6.48. The van der Waals surface area contributed by atoms with Crippen molar-refractivity contribution in [2.75, 3.05) is 13.2 Å². The maximum atomic E-state index is 13.4. The van der Waals surface area contributed by atoms with Crippen molar-refractivity contribution in [3.63, 3.8) is 0 Å². The van der Waals surface area contributed by atoms with Crippen molar-refractivity contribution in [3.8, 4) is 0 Å². The second kappa shape index (κ2) is 7.78. The first-order valence-corrected chi connectivity index (χ1v) is 10.7. The van der Waals surface area contributed by atoms with Gasteiger partial charge in [0.2, 0.25) is 11.8 Å². The van der Waals surface area contributed by atoms with Gasteiger partial charge in [-0.15, -0.1) is 0 Å². The van der Waals surface area contributed by atoms with Crippen LogP contribution in [0.2, 0.25) is 0 Å². The van der Waals surface area contributed by atoms with Crippen LogP contribution in [0.3, 0.4) is 0 Å². The van der Waals surface area contributed by atoms with Gasteiger partial charge in [-0.3, -0.25) is 14.9 Å². The minimum atomic E-state index is -4.42. The molecule has 9 heteroatoms. The molecule has 2 unspecified atom stereocenters. The van der Waals surface area contributed by atoms with Gasteiger partial charge in [0.05, 0.1) is 12.2 Å². The fourth-order valence-corrected chi connectivity index (χ4v) is 4.88.